The summed E-state index contributed by atoms with van der Waals surface area (Å²) in [5.41, 5.74) is 0. The summed E-state index contributed by atoms with van der Waals surface area (Å²) in [7, 11) is 0. The topological polar surface area (TPSA) is 40.6 Å². The summed E-state index contributed by atoms with van der Waals surface area (Å²) in [6.07, 6.45) is 5.69. The Kier molecular flexibility index (Phi) is 4.48. The van der Waals surface area contributed by atoms with E-state index in [1.165, 1.54) is 0 Å². The Morgan fingerprint density at radius 1 is 1.21 bits per heavy atom. The van der Waals surface area contributed by atoms with Crippen molar-refractivity contribution in [2.24, 2.45) is 0 Å². The largest absolute Gasteiger partial charge is 0.329 e. The molecule has 3 unspecified atom stereocenters. The highest BCUT2D eigenvalue weighted by Crippen LogP contribution is 2.29. The van der Waals surface area contributed by atoms with Gasteiger partial charge in [0, 0.05) is 12.6 Å². The average molecular weight is 266 g/mol. The number of amides is 2. The highest BCUT2D eigenvalue weighted by Gasteiger charge is 2.46. The minimum Gasteiger partial charge on any atom is -0.329 e. The van der Waals surface area contributed by atoms with E-state index in [0.29, 0.717) is 0 Å². The minimum atomic E-state index is -0.233. The van der Waals surface area contributed by atoms with Gasteiger partial charge in [0.25, 0.3) is 0 Å². The van der Waals surface area contributed by atoms with Crippen molar-refractivity contribution in [3.05, 3.63) is 0 Å². The molecule has 0 aliphatic carbocycles. The summed E-state index contributed by atoms with van der Waals surface area (Å²) >= 11 is 0. The van der Waals surface area contributed by atoms with Crippen LogP contribution in [0.2, 0.25) is 0 Å². The average Bonchev–Trinajstić information content (AvgIpc) is 2.42. The first-order valence-electron chi connectivity index (χ1n) is 7.74. The van der Waals surface area contributed by atoms with Crippen LogP contribution in [0.25, 0.3) is 0 Å². The van der Waals surface area contributed by atoms with Gasteiger partial charge in [0.1, 0.15) is 12.1 Å². The van der Waals surface area contributed by atoms with E-state index in [2.05, 4.69) is 13.8 Å². The fourth-order valence-corrected chi connectivity index (χ4v) is 3.54. The van der Waals surface area contributed by atoms with Gasteiger partial charge >= 0.3 is 0 Å². The number of rotatable bonds is 4. The Hall–Kier alpha value is -1.06. The molecule has 4 nitrogen and oxygen atoms in total. The molecule has 3 atom stereocenters. The second kappa shape index (κ2) is 5.93. The maximum absolute atomic E-state index is 12.7. The van der Waals surface area contributed by atoms with Gasteiger partial charge in [-0.2, -0.15) is 0 Å². The van der Waals surface area contributed by atoms with Crippen LogP contribution < -0.4 is 0 Å². The van der Waals surface area contributed by atoms with E-state index in [-0.39, 0.29) is 29.9 Å². The van der Waals surface area contributed by atoms with Crippen molar-refractivity contribution in [1.82, 2.24) is 9.80 Å². The molecule has 2 rings (SSSR count). The lowest BCUT2D eigenvalue weighted by molar-refractivity contribution is -0.166. The van der Waals surface area contributed by atoms with Crippen molar-refractivity contribution in [1.29, 1.82) is 0 Å². The van der Waals surface area contributed by atoms with E-state index in [1.807, 2.05) is 16.7 Å². The standard InChI is InChI=1S/C15H26N2O2/c1-4-8-11(3)17-12(5-2)14(18)16-10-7-6-9-13(16)15(17)19/h11-13H,4-10H2,1-3H3. The van der Waals surface area contributed by atoms with E-state index in [1.54, 1.807) is 0 Å². The summed E-state index contributed by atoms with van der Waals surface area (Å²) in [5, 5.41) is 0. The number of carbonyl (C=O) groups is 2. The molecule has 0 radical (unpaired) electrons. The molecule has 19 heavy (non-hydrogen) atoms. The molecule has 2 fully saturated rings. The molecular weight excluding hydrogens is 240 g/mol. The smallest absolute Gasteiger partial charge is 0.246 e. The summed E-state index contributed by atoms with van der Waals surface area (Å²) in [5.74, 6) is 0.363. The third kappa shape index (κ3) is 2.49. The molecule has 0 bridgehead atoms. The van der Waals surface area contributed by atoms with Gasteiger partial charge in [-0.15, -0.1) is 0 Å². The highest BCUT2D eigenvalue weighted by molar-refractivity contribution is 5.97. The number of carbonyl (C=O) groups excluding carboxylic acids is 2. The number of fused-ring (bicyclic) bond motifs is 1. The second-order valence-electron chi connectivity index (χ2n) is 5.85. The van der Waals surface area contributed by atoms with Crippen LogP contribution in [-0.4, -0.2) is 46.3 Å². The number of hydrogen-bond acceptors (Lipinski definition) is 2. The summed E-state index contributed by atoms with van der Waals surface area (Å²) in [4.78, 5) is 29.0. The van der Waals surface area contributed by atoms with Crippen molar-refractivity contribution in [2.75, 3.05) is 6.54 Å². The van der Waals surface area contributed by atoms with Crippen molar-refractivity contribution in [2.45, 2.75) is 77.4 Å². The van der Waals surface area contributed by atoms with Crippen molar-refractivity contribution in [3.63, 3.8) is 0 Å². The van der Waals surface area contributed by atoms with Crippen LogP contribution in [0.5, 0.6) is 0 Å². The Balaban J connectivity index is 2.25. The first-order chi connectivity index (χ1) is 9.11. The van der Waals surface area contributed by atoms with Gasteiger partial charge in [0.05, 0.1) is 0 Å². The normalized spacial score (nSPS) is 29.4. The molecular formula is C15H26N2O2. The van der Waals surface area contributed by atoms with E-state index in [0.717, 1.165) is 45.1 Å². The molecule has 0 aromatic carbocycles. The summed E-state index contributed by atoms with van der Waals surface area (Å²) < 4.78 is 0. The SMILES string of the molecule is CCCC(C)N1C(=O)C2CCCCN2C(=O)C1CC. The molecule has 2 aliphatic heterocycles. The third-order valence-corrected chi connectivity index (χ3v) is 4.51. The van der Waals surface area contributed by atoms with Gasteiger partial charge in [-0.3, -0.25) is 9.59 Å². The third-order valence-electron chi connectivity index (χ3n) is 4.51. The predicted molar refractivity (Wildman–Crippen MR) is 74.6 cm³/mol. The Bertz CT molecular complexity index is 356. The number of nitrogens with zero attached hydrogens (tertiary/aromatic N) is 2. The lowest BCUT2D eigenvalue weighted by Gasteiger charge is -2.49. The number of hydrogen-bond donors (Lipinski definition) is 0. The maximum Gasteiger partial charge on any atom is 0.246 e. The molecule has 108 valence electrons. The molecule has 0 N–H and O–H groups in total. The molecule has 2 saturated heterocycles. The van der Waals surface area contributed by atoms with Crippen LogP contribution in [0.3, 0.4) is 0 Å². The predicted octanol–water partition coefficient (Wildman–Crippen LogP) is 2.18. The highest BCUT2D eigenvalue weighted by atomic mass is 16.2. The first-order valence-corrected chi connectivity index (χ1v) is 7.74. The first kappa shape index (κ1) is 14.4. The number of piperidine rings is 1. The Morgan fingerprint density at radius 2 is 1.95 bits per heavy atom. The molecule has 2 aliphatic rings. The monoisotopic (exact) mass is 266 g/mol. The lowest BCUT2D eigenvalue weighted by Crippen LogP contribution is -2.67. The zero-order valence-corrected chi connectivity index (χ0v) is 12.4. The van der Waals surface area contributed by atoms with Crippen molar-refractivity contribution >= 4 is 11.8 Å². The molecule has 0 aromatic heterocycles. The van der Waals surface area contributed by atoms with Crippen molar-refractivity contribution < 1.29 is 9.59 Å². The quantitative estimate of drug-likeness (QED) is 0.782. The molecule has 0 aromatic rings. The molecule has 4 heteroatoms. The van der Waals surface area contributed by atoms with Crippen LogP contribution in [-0.2, 0) is 9.59 Å². The van der Waals surface area contributed by atoms with Gasteiger partial charge in [-0.1, -0.05) is 20.3 Å². The zero-order valence-electron chi connectivity index (χ0n) is 12.4. The molecule has 0 saturated carbocycles. The lowest BCUT2D eigenvalue weighted by atomic mass is 9.92. The second-order valence-corrected chi connectivity index (χ2v) is 5.85. The summed E-state index contributed by atoms with van der Waals surface area (Å²) in [6.45, 7) is 6.98. The van der Waals surface area contributed by atoms with Gasteiger partial charge in [0.15, 0.2) is 0 Å². The zero-order chi connectivity index (χ0) is 14.0. The van der Waals surface area contributed by atoms with E-state index in [9.17, 15) is 9.59 Å². The van der Waals surface area contributed by atoms with Crippen LogP contribution in [0.15, 0.2) is 0 Å². The van der Waals surface area contributed by atoms with E-state index >= 15 is 0 Å². The molecule has 2 amide bonds. The fourth-order valence-electron chi connectivity index (χ4n) is 3.54. The van der Waals surface area contributed by atoms with Gasteiger partial charge in [-0.25, -0.2) is 0 Å². The number of piperazine rings is 1. The Labute approximate surface area is 116 Å². The maximum atomic E-state index is 12.7. The minimum absolute atomic E-state index is 0.176. The molecule has 0 spiro atoms. The van der Waals surface area contributed by atoms with Crippen molar-refractivity contribution in [3.8, 4) is 0 Å². The summed E-state index contributed by atoms with van der Waals surface area (Å²) in [6, 6.07) is -0.234. The van der Waals surface area contributed by atoms with Gasteiger partial charge in [0.2, 0.25) is 11.8 Å². The van der Waals surface area contributed by atoms with Gasteiger partial charge in [-0.05, 0) is 39.0 Å². The van der Waals surface area contributed by atoms with Crippen LogP contribution in [0.4, 0.5) is 0 Å². The molecule has 2 heterocycles. The van der Waals surface area contributed by atoms with Crippen LogP contribution in [0.1, 0.15) is 59.3 Å². The van der Waals surface area contributed by atoms with Gasteiger partial charge < -0.3 is 9.80 Å². The van der Waals surface area contributed by atoms with E-state index < -0.39 is 0 Å². The van der Waals surface area contributed by atoms with Crippen LogP contribution in [0, 0.1) is 0 Å². The Morgan fingerprint density at radius 3 is 2.58 bits per heavy atom. The fraction of sp³-hybridized carbons (Fsp3) is 0.867. The van der Waals surface area contributed by atoms with Crippen LogP contribution >= 0.6 is 0 Å². The van der Waals surface area contributed by atoms with E-state index in [4.69, 9.17) is 0 Å².